The molecule has 1 aromatic heterocycles. The van der Waals surface area contributed by atoms with Crippen molar-refractivity contribution in [1.82, 2.24) is 19.8 Å². The number of imidazole rings is 1. The number of carbonyl (C=O) groups is 1. The van der Waals surface area contributed by atoms with E-state index >= 15 is 0 Å². The molecular formula is C16H26N4O. The zero-order valence-electron chi connectivity index (χ0n) is 12.9. The second-order valence-corrected chi connectivity index (χ2v) is 6.34. The van der Waals surface area contributed by atoms with Crippen molar-refractivity contribution < 1.29 is 4.79 Å². The van der Waals surface area contributed by atoms with Crippen LogP contribution in [0.2, 0.25) is 0 Å². The minimum atomic E-state index is 0.0782. The molecule has 1 aliphatic heterocycles. The van der Waals surface area contributed by atoms with Gasteiger partial charge in [0.1, 0.15) is 11.9 Å². The summed E-state index contributed by atoms with van der Waals surface area (Å²) in [6.45, 7) is 2.50. The first-order valence-corrected chi connectivity index (χ1v) is 8.26. The number of piperazine rings is 1. The molecule has 1 amide bonds. The molecule has 2 fully saturated rings. The van der Waals surface area contributed by atoms with Gasteiger partial charge >= 0.3 is 0 Å². The van der Waals surface area contributed by atoms with E-state index in [9.17, 15) is 4.79 Å². The first-order valence-electron chi connectivity index (χ1n) is 8.26. The van der Waals surface area contributed by atoms with Gasteiger partial charge in [-0.05, 0) is 12.8 Å². The van der Waals surface area contributed by atoms with Crippen LogP contribution in [0.4, 0.5) is 0 Å². The largest absolute Gasteiger partial charge is 0.336 e. The fourth-order valence-corrected chi connectivity index (χ4v) is 3.66. The predicted octanol–water partition coefficient (Wildman–Crippen LogP) is 1.86. The van der Waals surface area contributed by atoms with Crippen molar-refractivity contribution in [2.75, 3.05) is 19.6 Å². The summed E-state index contributed by atoms with van der Waals surface area (Å²) in [5, 5.41) is 3.40. The summed E-state index contributed by atoms with van der Waals surface area (Å²) >= 11 is 0. The Labute approximate surface area is 126 Å². The van der Waals surface area contributed by atoms with E-state index in [1.165, 1.54) is 25.7 Å². The SMILES string of the molecule is Cn1ccnc1C1CNCCN1C(=O)C1CCCCCC1. The Morgan fingerprint density at radius 2 is 2.05 bits per heavy atom. The molecule has 0 bridgehead atoms. The van der Waals surface area contributed by atoms with E-state index in [1.54, 1.807) is 0 Å². The summed E-state index contributed by atoms with van der Waals surface area (Å²) in [5.41, 5.74) is 0. The number of rotatable bonds is 2. The first kappa shape index (κ1) is 14.6. The molecule has 0 spiro atoms. The maximum Gasteiger partial charge on any atom is 0.226 e. The average molecular weight is 290 g/mol. The lowest BCUT2D eigenvalue weighted by Crippen LogP contribution is -2.51. The molecule has 0 radical (unpaired) electrons. The van der Waals surface area contributed by atoms with Crippen LogP contribution in [-0.4, -0.2) is 40.0 Å². The van der Waals surface area contributed by atoms with Crippen LogP contribution >= 0.6 is 0 Å². The zero-order chi connectivity index (χ0) is 14.7. The summed E-state index contributed by atoms with van der Waals surface area (Å²) in [6, 6.07) is 0.0782. The summed E-state index contributed by atoms with van der Waals surface area (Å²) in [7, 11) is 2.01. The molecule has 1 atom stereocenters. The van der Waals surface area contributed by atoms with Gasteiger partial charge in [-0.3, -0.25) is 4.79 Å². The summed E-state index contributed by atoms with van der Waals surface area (Å²) in [5.74, 6) is 1.57. The fraction of sp³-hybridized carbons (Fsp3) is 0.750. The van der Waals surface area contributed by atoms with Crippen LogP contribution in [0.5, 0.6) is 0 Å². The molecule has 1 N–H and O–H groups in total. The molecule has 2 aliphatic rings. The molecule has 1 unspecified atom stereocenters. The lowest BCUT2D eigenvalue weighted by Gasteiger charge is -2.37. The summed E-state index contributed by atoms with van der Waals surface area (Å²) in [6.07, 6.45) is 10.9. The Hall–Kier alpha value is -1.36. The van der Waals surface area contributed by atoms with Gasteiger partial charge in [0.2, 0.25) is 5.91 Å². The van der Waals surface area contributed by atoms with E-state index in [0.717, 1.165) is 38.3 Å². The molecular weight excluding hydrogens is 264 g/mol. The average Bonchev–Trinajstić information content (AvgIpc) is 2.77. The Morgan fingerprint density at radius 1 is 1.29 bits per heavy atom. The molecule has 1 saturated heterocycles. The van der Waals surface area contributed by atoms with Crippen molar-refractivity contribution in [2.24, 2.45) is 13.0 Å². The number of hydrogen-bond acceptors (Lipinski definition) is 3. The lowest BCUT2D eigenvalue weighted by molar-refractivity contribution is -0.139. The topological polar surface area (TPSA) is 50.2 Å². The molecule has 1 saturated carbocycles. The first-order chi connectivity index (χ1) is 10.3. The van der Waals surface area contributed by atoms with Crippen molar-refractivity contribution in [3.05, 3.63) is 18.2 Å². The monoisotopic (exact) mass is 290 g/mol. The number of carbonyl (C=O) groups excluding carboxylic acids is 1. The minimum Gasteiger partial charge on any atom is -0.336 e. The molecule has 1 aromatic rings. The van der Waals surface area contributed by atoms with E-state index in [0.29, 0.717) is 5.91 Å². The van der Waals surface area contributed by atoms with E-state index in [2.05, 4.69) is 15.2 Å². The highest BCUT2D eigenvalue weighted by Gasteiger charge is 2.34. The number of nitrogens with zero attached hydrogens (tertiary/aromatic N) is 3. The van der Waals surface area contributed by atoms with Crippen molar-refractivity contribution >= 4 is 5.91 Å². The Morgan fingerprint density at radius 3 is 2.71 bits per heavy atom. The van der Waals surface area contributed by atoms with Crippen LogP contribution in [-0.2, 0) is 11.8 Å². The second kappa shape index (κ2) is 6.60. The third-order valence-corrected chi connectivity index (χ3v) is 4.89. The third kappa shape index (κ3) is 3.12. The molecule has 5 heteroatoms. The molecule has 0 aromatic carbocycles. The quantitative estimate of drug-likeness (QED) is 0.846. The van der Waals surface area contributed by atoms with Crippen LogP contribution in [0.1, 0.15) is 50.4 Å². The zero-order valence-corrected chi connectivity index (χ0v) is 12.9. The molecule has 3 rings (SSSR count). The molecule has 116 valence electrons. The van der Waals surface area contributed by atoms with Gasteiger partial charge in [0.05, 0.1) is 0 Å². The van der Waals surface area contributed by atoms with Gasteiger partial charge in [-0.1, -0.05) is 25.7 Å². The highest BCUT2D eigenvalue weighted by molar-refractivity contribution is 5.79. The smallest absolute Gasteiger partial charge is 0.226 e. The third-order valence-electron chi connectivity index (χ3n) is 4.89. The van der Waals surface area contributed by atoms with E-state index in [4.69, 9.17) is 0 Å². The second-order valence-electron chi connectivity index (χ2n) is 6.34. The number of aromatic nitrogens is 2. The van der Waals surface area contributed by atoms with Crippen LogP contribution in [0, 0.1) is 5.92 Å². The van der Waals surface area contributed by atoms with Crippen molar-refractivity contribution in [1.29, 1.82) is 0 Å². The highest BCUT2D eigenvalue weighted by atomic mass is 16.2. The number of amides is 1. The maximum atomic E-state index is 13.0. The Bertz CT molecular complexity index is 476. The number of hydrogen-bond donors (Lipinski definition) is 1. The standard InChI is InChI=1S/C16H26N4O/c1-19-10-9-18-15(19)14-12-17-8-11-20(14)16(21)13-6-4-2-3-5-7-13/h9-10,13-14,17H,2-8,11-12H2,1H3. The molecule has 5 nitrogen and oxygen atoms in total. The van der Waals surface area contributed by atoms with Crippen LogP contribution in [0.25, 0.3) is 0 Å². The van der Waals surface area contributed by atoms with Crippen molar-refractivity contribution in [3.63, 3.8) is 0 Å². The number of aryl methyl sites for hydroxylation is 1. The van der Waals surface area contributed by atoms with Gasteiger partial charge in [-0.25, -0.2) is 4.98 Å². The van der Waals surface area contributed by atoms with Gasteiger partial charge in [-0.15, -0.1) is 0 Å². The van der Waals surface area contributed by atoms with Crippen LogP contribution in [0.3, 0.4) is 0 Å². The molecule has 21 heavy (non-hydrogen) atoms. The van der Waals surface area contributed by atoms with E-state index in [-0.39, 0.29) is 12.0 Å². The Balaban J connectivity index is 1.77. The summed E-state index contributed by atoms with van der Waals surface area (Å²) in [4.78, 5) is 19.5. The summed E-state index contributed by atoms with van der Waals surface area (Å²) < 4.78 is 2.03. The van der Waals surface area contributed by atoms with Gasteiger partial charge in [0.15, 0.2) is 0 Å². The predicted molar refractivity (Wildman–Crippen MR) is 81.7 cm³/mol. The lowest BCUT2D eigenvalue weighted by atomic mass is 9.97. The Kier molecular flexibility index (Phi) is 4.58. The normalized spacial score (nSPS) is 24.8. The van der Waals surface area contributed by atoms with Gasteiger partial charge in [0.25, 0.3) is 0 Å². The fourth-order valence-electron chi connectivity index (χ4n) is 3.66. The van der Waals surface area contributed by atoms with Crippen LogP contribution in [0.15, 0.2) is 12.4 Å². The highest BCUT2D eigenvalue weighted by Crippen LogP contribution is 2.29. The van der Waals surface area contributed by atoms with Crippen molar-refractivity contribution in [3.8, 4) is 0 Å². The van der Waals surface area contributed by atoms with E-state index in [1.807, 2.05) is 24.0 Å². The molecule has 2 heterocycles. The van der Waals surface area contributed by atoms with E-state index < -0.39 is 0 Å². The number of nitrogens with one attached hydrogen (secondary N) is 1. The molecule has 1 aliphatic carbocycles. The van der Waals surface area contributed by atoms with Gasteiger partial charge in [0, 0.05) is 45.0 Å². The van der Waals surface area contributed by atoms with Gasteiger partial charge < -0.3 is 14.8 Å². The van der Waals surface area contributed by atoms with Crippen LogP contribution < -0.4 is 5.32 Å². The maximum absolute atomic E-state index is 13.0. The van der Waals surface area contributed by atoms with Gasteiger partial charge in [-0.2, -0.15) is 0 Å². The minimum absolute atomic E-state index is 0.0782. The van der Waals surface area contributed by atoms with Crippen molar-refractivity contribution in [2.45, 2.75) is 44.6 Å².